The lowest BCUT2D eigenvalue weighted by Crippen LogP contribution is -2.47. The van der Waals surface area contributed by atoms with Crippen LogP contribution < -0.4 is 5.32 Å². The van der Waals surface area contributed by atoms with Gasteiger partial charge in [0.05, 0.1) is 17.9 Å². The van der Waals surface area contributed by atoms with E-state index < -0.39 is 28.0 Å². The Morgan fingerprint density at radius 1 is 0.538 bits per heavy atom. The van der Waals surface area contributed by atoms with Gasteiger partial charge >= 0.3 is 0 Å². The van der Waals surface area contributed by atoms with E-state index in [9.17, 15) is 22.9 Å². The highest BCUT2D eigenvalue weighted by atomic mass is 32.2. The minimum Gasteiger partial charge on any atom is -0.391 e. The number of amides is 1. The van der Waals surface area contributed by atoms with E-state index in [4.69, 9.17) is 0 Å². The van der Waals surface area contributed by atoms with Crippen molar-refractivity contribution in [2.75, 3.05) is 5.75 Å². The third-order valence-electron chi connectivity index (χ3n) is 9.80. The Labute approximate surface area is 322 Å². The minimum atomic E-state index is -4.32. The number of hydrogen-bond donors (Lipinski definition) is 3. The van der Waals surface area contributed by atoms with Crippen LogP contribution in [-0.2, 0) is 14.9 Å². The third-order valence-corrected chi connectivity index (χ3v) is 10.6. The summed E-state index contributed by atoms with van der Waals surface area (Å²) in [7, 11) is -4.32. The second-order valence-electron chi connectivity index (χ2n) is 14.9. The Morgan fingerprint density at radius 3 is 1.37 bits per heavy atom. The fraction of sp³-hybridized carbons (Fsp3) is 0.800. The summed E-state index contributed by atoms with van der Waals surface area (Å²) in [6, 6.07) is -0.985. The van der Waals surface area contributed by atoms with E-state index in [2.05, 4.69) is 67.8 Å². The van der Waals surface area contributed by atoms with Gasteiger partial charge in [-0.3, -0.25) is 9.35 Å². The number of rotatable bonds is 39. The van der Waals surface area contributed by atoms with E-state index in [1.165, 1.54) is 109 Å². The van der Waals surface area contributed by atoms with Gasteiger partial charge in [-0.1, -0.05) is 204 Å². The van der Waals surface area contributed by atoms with Crippen molar-refractivity contribution in [3.05, 3.63) is 48.6 Å². The Kier molecular flexibility index (Phi) is 37.7. The number of allylic oxidation sites excluding steroid dienone is 8. The molecule has 2 atom stereocenters. The molecule has 0 aromatic rings. The number of carbonyl (C=O) groups excluding carboxylic acids is 1. The van der Waals surface area contributed by atoms with Gasteiger partial charge in [-0.25, -0.2) is 0 Å². The zero-order valence-electron chi connectivity index (χ0n) is 33.9. The van der Waals surface area contributed by atoms with Crippen LogP contribution in [-0.4, -0.2) is 41.9 Å². The molecule has 6 nitrogen and oxygen atoms in total. The van der Waals surface area contributed by atoms with Crippen molar-refractivity contribution in [2.24, 2.45) is 0 Å². The van der Waals surface area contributed by atoms with Crippen LogP contribution in [0.4, 0.5) is 0 Å². The van der Waals surface area contributed by atoms with E-state index in [0.29, 0.717) is 12.8 Å². The number of aliphatic hydroxyl groups excluding tert-OH is 1. The molecule has 304 valence electrons. The quantitative estimate of drug-likeness (QED) is 0.0330. The topological polar surface area (TPSA) is 104 Å². The van der Waals surface area contributed by atoms with Crippen molar-refractivity contribution in [2.45, 2.75) is 225 Å². The van der Waals surface area contributed by atoms with Crippen molar-refractivity contribution < 1.29 is 22.9 Å². The Bertz CT molecular complexity index is 1000. The highest BCUT2D eigenvalue weighted by molar-refractivity contribution is 7.85. The van der Waals surface area contributed by atoms with E-state index >= 15 is 0 Å². The van der Waals surface area contributed by atoms with Gasteiger partial charge in [0.1, 0.15) is 0 Å². The first-order chi connectivity index (χ1) is 25.3. The zero-order chi connectivity index (χ0) is 38.2. The predicted molar refractivity (Wildman–Crippen MR) is 225 cm³/mol. The molecule has 0 bridgehead atoms. The number of carbonyl (C=O) groups is 1. The molecular weight excluding hydrogens is 667 g/mol. The molecule has 1 amide bonds. The van der Waals surface area contributed by atoms with Crippen molar-refractivity contribution in [1.82, 2.24) is 5.32 Å². The minimum absolute atomic E-state index is 0.268. The fourth-order valence-corrected chi connectivity index (χ4v) is 7.32. The first kappa shape index (κ1) is 50.3. The van der Waals surface area contributed by atoms with Gasteiger partial charge in [0.25, 0.3) is 10.1 Å². The van der Waals surface area contributed by atoms with Gasteiger partial charge in [0, 0.05) is 6.42 Å². The molecule has 0 aromatic heterocycles. The molecule has 0 heterocycles. The highest BCUT2D eigenvalue weighted by Crippen LogP contribution is 2.16. The normalized spacial score (nSPS) is 13.7. The Morgan fingerprint density at radius 2 is 0.923 bits per heavy atom. The average Bonchev–Trinajstić information content (AvgIpc) is 3.11. The molecule has 0 aliphatic carbocycles. The maximum absolute atomic E-state index is 12.5. The smallest absolute Gasteiger partial charge is 0.266 e. The van der Waals surface area contributed by atoms with Crippen LogP contribution in [0, 0.1) is 0 Å². The van der Waals surface area contributed by atoms with Crippen LogP contribution in [0.15, 0.2) is 48.6 Å². The molecule has 0 aliphatic heterocycles. The summed E-state index contributed by atoms with van der Waals surface area (Å²) in [4.78, 5) is 12.5. The summed E-state index contributed by atoms with van der Waals surface area (Å²) < 4.78 is 32.6. The molecule has 7 heteroatoms. The summed E-state index contributed by atoms with van der Waals surface area (Å²) in [6.45, 7) is 4.42. The van der Waals surface area contributed by atoms with E-state index in [1.807, 2.05) is 0 Å². The van der Waals surface area contributed by atoms with Crippen LogP contribution in [0.3, 0.4) is 0 Å². The third kappa shape index (κ3) is 39.5. The van der Waals surface area contributed by atoms with Crippen molar-refractivity contribution in [3.8, 4) is 0 Å². The summed E-state index contributed by atoms with van der Waals surface area (Å²) in [6.07, 6.45) is 52.1. The van der Waals surface area contributed by atoms with Crippen LogP contribution in [0.5, 0.6) is 0 Å². The van der Waals surface area contributed by atoms with Gasteiger partial charge in [0.2, 0.25) is 5.91 Å². The van der Waals surface area contributed by atoms with E-state index in [1.54, 1.807) is 0 Å². The van der Waals surface area contributed by atoms with E-state index in [0.717, 1.165) is 70.6 Å². The lowest BCUT2D eigenvalue weighted by molar-refractivity contribution is -0.122. The van der Waals surface area contributed by atoms with Crippen LogP contribution in [0.1, 0.15) is 213 Å². The summed E-state index contributed by atoms with van der Waals surface area (Å²) >= 11 is 0. The lowest BCUT2D eigenvalue weighted by atomic mass is 10.0. The highest BCUT2D eigenvalue weighted by Gasteiger charge is 2.26. The monoisotopic (exact) mass is 750 g/mol. The summed E-state index contributed by atoms with van der Waals surface area (Å²) in [5.74, 6) is -0.927. The Balaban J connectivity index is 3.87. The summed E-state index contributed by atoms with van der Waals surface area (Å²) in [5, 5.41) is 13.4. The first-order valence-corrected chi connectivity index (χ1v) is 23.4. The molecule has 0 rings (SSSR count). The lowest BCUT2D eigenvalue weighted by Gasteiger charge is -2.23. The fourth-order valence-electron chi connectivity index (χ4n) is 6.56. The van der Waals surface area contributed by atoms with Crippen molar-refractivity contribution in [1.29, 1.82) is 0 Å². The van der Waals surface area contributed by atoms with E-state index in [-0.39, 0.29) is 12.3 Å². The molecule has 52 heavy (non-hydrogen) atoms. The van der Waals surface area contributed by atoms with Gasteiger partial charge < -0.3 is 10.4 Å². The largest absolute Gasteiger partial charge is 0.391 e. The van der Waals surface area contributed by atoms with Crippen LogP contribution in [0.25, 0.3) is 0 Å². The number of aliphatic hydroxyl groups is 1. The average molecular weight is 750 g/mol. The number of hydrogen-bond acceptors (Lipinski definition) is 4. The van der Waals surface area contributed by atoms with Crippen LogP contribution >= 0.6 is 0 Å². The number of unbranched alkanes of at least 4 members (excludes halogenated alkanes) is 23. The molecule has 0 radical (unpaired) electrons. The second kappa shape index (κ2) is 39.0. The first-order valence-electron chi connectivity index (χ1n) is 21.8. The molecule has 3 N–H and O–H groups in total. The summed E-state index contributed by atoms with van der Waals surface area (Å²) in [5.41, 5.74) is 0. The van der Waals surface area contributed by atoms with Gasteiger partial charge in [-0.05, 0) is 51.4 Å². The van der Waals surface area contributed by atoms with Crippen molar-refractivity contribution in [3.63, 3.8) is 0 Å². The molecular formula is C45H83NO5S. The molecule has 2 unspecified atom stereocenters. The predicted octanol–water partition coefficient (Wildman–Crippen LogP) is 13.1. The van der Waals surface area contributed by atoms with Gasteiger partial charge in [-0.15, -0.1) is 0 Å². The second-order valence-corrected chi connectivity index (χ2v) is 16.4. The standard InChI is InChI=1S/C45H83NO5S/c1-3-5-7-9-11-13-15-17-19-21-22-23-25-26-28-30-32-34-36-38-40-44(47)43(42-52(49,50)51)46-45(48)41-39-37-35-33-31-29-27-24-20-18-16-14-12-10-8-6-4-2/h6,8,12,14,18,20,27,29,43-44,47H,3-5,7,9-11,13,15-17,19,21-26,28,30-42H2,1-2H3,(H,46,48)(H,49,50,51)/b8-6-,14-12-,20-18-,29-27-. The van der Waals surface area contributed by atoms with Gasteiger partial charge in [0.15, 0.2) is 0 Å². The zero-order valence-corrected chi connectivity index (χ0v) is 34.7. The van der Waals surface area contributed by atoms with Crippen molar-refractivity contribution >= 4 is 16.0 Å². The molecule has 0 spiro atoms. The maximum Gasteiger partial charge on any atom is 0.266 e. The van der Waals surface area contributed by atoms with Gasteiger partial charge in [-0.2, -0.15) is 8.42 Å². The molecule has 0 saturated heterocycles. The number of nitrogens with one attached hydrogen (secondary N) is 1. The maximum atomic E-state index is 12.5. The molecule has 0 aliphatic rings. The SMILES string of the molecule is CC/C=C\C/C=C\C/C=C\C/C=C\CCCCCCC(=O)NC(CS(=O)(=O)O)C(O)CCCCCCCCCCCCCCCCCCCCCC. The molecule has 0 saturated carbocycles. The Hall–Kier alpha value is -1.70. The molecule has 0 aromatic carbocycles. The van der Waals surface area contributed by atoms with Crippen LogP contribution in [0.2, 0.25) is 0 Å². The molecule has 0 fully saturated rings.